The van der Waals surface area contributed by atoms with Gasteiger partial charge in [0.2, 0.25) is 0 Å². The molecule has 20 heavy (non-hydrogen) atoms. The highest BCUT2D eigenvalue weighted by molar-refractivity contribution is 7.86. The average Bonchev–Trinajstić information content (AvgIpc) is 2.36. The minimum Gasteiger partial charge on any atom is -0.741 e. The maximum absolute atomic E-state index is 10.7. The normalized spacial score (nSPS) is 19.1. The highest BCUT2D eigenvalue weighted by Crippen LogP contribution is 2.20. The fourth-order valence-corrected chi connectivity index (χ4v) is 2.37. The van der Waals surface area contributed by atoms with E-state index in [2.05, 4.69) is 13.8 Å². The molecule has 0 aromatic heterocycles. The molecule has 0 unspecified atom stereocenters. The summed E-state index contributed by atoms with van der Waals surface area (Å²) in [6, 6.07) is 0. The average molecular weight is 319 g/mol. The van der Waals surface area contributed by atoms with Crippen molar-refractivity contribution in [3.05, 3.63) is 0 Å². The van der Waals surface area contributed by atoms with Crippen LogP contribution in [-0.4, -0.2) is 49.1 Å². The van der Waals surface area contributed by atoms with Crippen LogP contribution >= 0.6 is 0 Å². The molecule has 1 rings (SSSR count). The zero-order valence-electron chi connectivity index (χ0n) is 12.1. The zero-order valence-corrected chi connectivity index (χ0v) is 12.9. The van der Waals surface area contributed by atoms with Crippen LogP contribution in [0.1, 0.15) is 46.0 Å². The topological polar surface area (TPSA) is 57.2 Å². The van der Waals surface area contributed by atoms with Crippen molar-refractivity contribution in [2.45, 2.75) is 51.5 Å². The first kappa shape index (κ1) is 19.7. The van der Waals surface area contributed by atoms with Gasteiger partial charge in [-0.2, -0.15) is 13.2 Å². The van der Waals surface area contributed by atoms with Gasteiger partial charge in [0.15, 0.2) is 10.1 Å². The molecule has 0 radical (unpaired) electrons. The minimum atomic E-state index is -6.09. The number of nitrogens with zero attached hydrogens (tertiary/aromatic N) is 1. The van der Waals surface area contributed by atoms with Crippen LogP contribution in [0.3, 0.4) is 0 Å². The van der Waals surface area contributed by atoms with Crippen molar-refractivity contribution in [2.24, 2.45) is 0 Å². The molecule has 4 nitrogen and oxygen atoms in total. The zero-order chi connectivity index (χ0) is 15.9. The van der Waals surface area contributed by atoms with Gasteiger partial charge in [0, 0.05) is 0 Å². The van der Waals surface area contributed by atoms with E-state index < -0.39 is 15.6 Å². The second-order valence-corrected chi connectivity index (χ2v) is 6.51. The molecule has 1 saturated heterocycles. The van der Waals surface area contributed by atoms with Crippen LogP contribution < -0.4 is 0 Å². The molecule has 0 aromatic carbocycles. The van der Waals surface area contributed by atoms with Gasteiger partial charge in [-0.25, -0.2) is 8.42 Å². The maximum atomic E-state index is 10.7. The summed E-state index contributed by atoms with van der Waals surface area (Å²) in [5.41, 5.74) is -5.65. The fraction of sp³-hybridized carbons (Fsp3) is 1.00. The number of alkyl halides is 3. The molecule has 1 aliphatic rings. The second-order valence-electron chi connectivity index (χ2n) is 5.14. The quantitative estimate of drug-likeness (QED) is 0.455. The standard InChI is InChI=1S/C11H24N.CHF3O3S/c1-3-5-9-12(4-2)10-7-6-8-11-12;2-1(3,4)8(5,6)7/h3-11H2,1-2H3;(H,5,6,7)/q+1;/p-1. The van der Waals surface area contributed by atoms with Crippen LogP contribution in [0.4, 0.5) is 13.2 Å². The summed E-state index contributed by atoms with van der Waals surface area (Å²) in [5.74, 6) is 0. The number of hydrogen-bond acceptors (Lipinski definition) is 3. The molecule has 0 bridgehead atoms. The first-order valence-corrected chi connectivity index (χ1v) is 8.36. The molecule has 0 N–H and O–H groups in total. The SMILES string of the molecule is CCCC[N+]1(CC)CCCCC1.O=S(=O)([O-])C(F)(F)F. The molecule has 0 saturated carbocycles. The largest absolute Gasteiger partial charge is 0.741 e. The summed E-state index contributed by atoms with van der Waals surface area (Å²) in [5, 5.41) is 0. The summed E-state index contributed by atoms with van der Waals surface area (Å²) in [4.78, 5) is 0. The number of hydrogen-bond donors (Lipinski definition) is 0. The number of quaternary nitrogens is 1. The summed E-state index contributed by atoms with van der Waals surface area (Å²) in [6.45, 7) is 10.4. The lowest BCUT2D eigenvalue weighted by Gasteiger charge is -2.40. The summed E-state index contributed by atoms with van der Waals surface area (Å²) in [7, 11) is -6.09. The third-order valence-electron chi connectivity index (χ3n) is 3.71. The Morgan fingerprint density at radius 1 is 1.10 bits per heavy atom. The van der Waals surface area contributed by atoms with Crippen LogP contribution in [0.15, 0.2) is 0 Å². The molecule has 8 heteroatoms. The Bertz CT molecular complexity index is 363. The van der Waals surface area contributed by atoms with Crippen molar-refractivity contribution in [1.82, 2.24) is 0 Å². The fourth-order valence-electron chi connectivity index (χ4n) is 2.37. The predicted octanol–water partition coefficient (Wildman–Crippen LogP) is 2.86. The highest BCUT2D eigenvalue weighted by atomic mass is 32.2. The predicted molar refractivity (Wildman–Crippen MR) is 69.9 cm³/mol. The van der Waals surface area contributed by atoms with Crippen molar-refractivity contribution in [3.8, 4) is 0 Å². The van der Waals surface area contributed by atoms with Crippen molar-refractivity contribution < 1.29 is 30.6 Å². The van der Waals surface area contributed by atoms with Gasteiger partial charge < -0.3 is 9.04 Å². The molecule has 0 amide bonds. The smallest absolute Gasteiger partial charge is 0.485 e. The van der Waals surface area contributed by atoms with Gasteiger partial charge in [-0.15, -0.1) is 0 Å². The van der Waals surface area contributed by atoms with Gasteiger partial charge in [-0.3, -0.25) is 0 Å². The van der Waals surface area contributed by atoms with E-state index in [9.17, 15) is 13.2 Å². The molecule has 0 aromatic rings. The number of halogens is 3. The van der Waals surface area contributed by atoms with Crippen molar-refractivity contribution in [2.75, 3.05) is 26.2 Å². The molecule has 0 atom stereocenters. The van der Waals surface area contributed by atoms with E-state index in [-0.39, 0.29) is 0 Å². The number of rotatable bonds is 4. The van der Waals surface area contributed by atoms with Crippen LogP contribution in [0, 0.1) is 0 Å². The summed E-state index contributed by atoms with van der Waals surface area (Å²) < 4.78 is 60.3. The molecule has 1 heterocycles. The van der Waals surface area contributed by atoms with Gasteiger partial charge in [0.25, 0.3) is 0 Å². The van der Waals surface area contributed by atoms with Gasteiger partial charge in [-0.05, 0) is 32.6 Å². The Labute approximate surface area is 119 Å². The van der Waals surface area contributed by atoms with Gasteiger partial charge in [0.05, 0.1) is 26.2 Å². The van der Waals surface area contributed by atoms with Crippen molar-refractivity contribution in [1.29, 1.82) is 0 Å². The van der Waals surface area contributed by atoms with Crippen LogP contribution in [-0.2, 0) is 10.1 Å². The molecular weight excluding hydrogens is 295 g/mol. The van der Waals surface area contributed by atoms with Crippen LogP contribution in [0.25, 0.3) is 0 Å². The molecular formula is C12H24F3NO3S. The summed E-state index contributed by atoms with van der Waals surface area (Å²) in [6.07, 6.45) is 7.20. The molecule has 122 valence electrons. The van der Waals surface area contributed by atoms with Crippen LogP contribution in [0.5, 0.6) is 0 Å². The highest BCUT2D eigenvalue weighted by Gasteiger charge is 2.36. The van der Waals surface area contributed by atoms with Crippen LogP contribution in [0.2, 0.25) is 0 Å². The lowest BCUT2D eigenvalue weighted by molar-refractivity contribution is -0.931. The van der Waals surface area contributed by atoms with E-state index in [0.29, 0.717) is 0 Å². The summed E-state index contributed by atoms with van der Waals surface area (Å²) >= 11 is 0. The second kappa shape index (κ2) is 8.19. The molecule has 0 aliphatic carbocycles. The van der Waals surface area contributed by atoms with Gasteiger partial charge in [0.1, 0.15) is 0 Å². The Morgan fingerprint density at radius 3 is 1.85 bits per heavy atom. The lowest BCUT2D eigenvalue weighted by Crippen LogP contribution is -2.51. The monoisotopic (exact) mass is 319 g/mol. The van der Waals surface area contributed by atoms with E-state index >= 15 is 0 Å². The Balaban J connectivity index is 0.000000396. The van der Waals surface area contributed by atoms with E-state index in [1.165, 1.54) is 62.8 Å². The molecule has 1 fully saturated rings. The van der Waals surface area contributed by atoms with Gasteiger partial charge >= 0.3 is 5.51 Å². The number of likely N-dealkylation sites (tertiary alicyclic amines) is 1. The third-order valence-corrected chi connectivity index (χ3v) is 4.27. The Kier molecular flexibility index (Phi) is 8.05. The first-order chi connectivity index (χ1) is 9.08. The van der Waals surface area contributed by atoms with E-state index in [0.717, 1.165) is 0 Å². The maximum Gasteiger partial charge on any atom is 0.485 e. The number of piperidine rings is 1. The van der Waals surface area contributed by atoms with E-state index in [1.54, 1.807) is 0 Å². The molecule has 1 aliphatic heterocycles. The third kappa shape index (κ3) is 6.90. The Morgan fingerprint density at radius 2 is 1.55 bits per heavy atom. The molecule has 0 spiro atoms. The first-order valence-electron chi connectivity index (χ1n) is 6.95. The van der Waals surface area contributed by atoms with E-state index in [1.807, 2.05) is 0 Å². The van der Waals surface area contributed by atoms with Gasteiger partial charge in [-0.1, -0.05) is 13.3 Å². The minimum absolute atomic E-state index is 1.36. The van der Waals surface area contributed by atoms with E-state index in [4.69, 9.17) is 13.0 Å². The Hall–Kier alpha value is -0.340. The van der Waals surface area contributed by atoms with Crippen molar-refractivity contribution >= 4 is 10.1 Å². The van der Waals surface area contributed by atoms with Crippen molar-refractivity contribution in [3.63, 3.8) is 0 Å². The number of unbranched alkanes of at least 4 members (excludes halogenated alkanes) is 1. The lowest BCUT2D eigenvalue weighted by atomic mass is 10.1.